The van der Waals surface area contributed by atoms with Gasteiger partial charge in [0, 0.05) is 6.54 Å². The number of aliphatic hydroxyl groups is 1. The summed E-state index contributed by atoms with van der Waals surface area (Å²) in [5, 5.41) is 10.9. The van der Waals surface area contributed by atoms with Crippen LogP contribution in [-0.4, -0.2) is 51.8 Å². The summed E-state index contributed by atoms with van der Waals surface area (Å²) in [5.41, 5.74) is -0.486. The van der Waals surface area contributed by atoms with E-state index in [4.69, 9.17) is 4.74 Å². The van der Waals surface area contributed by atoms with E-state index in [1.165, 1.54) is 19.2 Å². The molecule has 22 heavy (non-hydrogen) atoms. The molecular weight excluding hydrogens is 282 g/mol. The van der Waals surface area contributed by atoms with Crippen molar-refractivity contribution in [3.05, 3.63) is 34.9 Å². The van der Waals surface area contributed by atoms with Crippen LogP contribution in [0.1, 0.15) is 19.8 Å². The number of hydrogen-bond acceptors (Lipinski definition) is 5. The second kappa shape index (κ2) is 6.06. The summed E-state index contributed by atoms with van der Waals surface area (Å²) >= 11 is 0. The highest BCUT2D eigenvalue weighted by Gasteiger charge is 2.26. The molecule has 0 spiro atoms. The number of nitrogens with zero attached hydrogens (tertiary/aromatic N) is 2. The van der Waals surface area contributed by atoms with Gasteiger partial charge in [-0.3, -0.25) is 4.79 Å². The van der Waals surface area contributed by atoms with Crippen molar-refractivity contribution in [3.8, 4) is 5.75 Å². The summed E-state index contributed by atoms with van der Waals surface area (Å²) in [6, 6.07) is 5.17. The largest absolute Gasteiger partial charge is 0.491 e. The Hall–Kier alpha value is -1.92. The van der Waals surface area contributed by atoms with Crippen LogP contribution >= 0.6 is 0 Å². The summed E-state index contributed by atoms with van der Waals surface area (Å²) in [6.45, 7) is 4.64. The first-order valence-electron chi connectivity index (χ1n) is 7.58. The summed E-state index contributed by atoms with van der Waals surface area (Å²) in [4.78, 5) is 20.6. The van der Waals surface area contributed by atoms with Gasteiger partial charge in [0.2, 0.25) is 0 Å². The van der Waals surface area contributed by atoms with Gasteiger partial charge in [-0.1, -0.05) is 0 Å². The van der Waals surface area contributed by atoms with Crippen molar-refractivity contribution in [2.75, 3.05) is 26.2 Å². The lowest BCUT2D eigenvalue weighted by Gasteiger charge is -2.28. The molecule has 3 rings (SSSR count). The van der Waals surface area contributed by atoms with Crippen molar-refractivity contribution in [2.24, 2.45) is 0 Å². The lowest BCUT2D eigenvalue weighted by Crippen LogP contribution is -2.44. The van der Waals surface area contributed by atoms with E-state index in [1.54, 1.807) is 25.1 Å². The van der Waals surface area contributed by atoms with E-state index in [-0.39, 0.29) is 12.2 Å². The van der Waals surface area contributed by atoms with E-state index < -0.39 is 5.60 Å². The van der Waals surface area contributed by atoms with Crippen molar-refractivity contribution in [1.82, 2.24) is 14.9 Å². The van der Waals surface area contributed by atoms with Crippen LogP contribution in [0.15, 0.2) is 29.3 Å². The van der Waals surface area contributed by atoms with E-state index >= 15 is 0 Å². The molecule has 1 atom stereocenters. The Labute approximate surface area is 128 Å². The molecule has 1 aromatic carbocycles. The lowest BCUT2D eigenvalue weighted by atomic mass is 10.1. The number of aromatic amines is 1. The molecule has 0 amide bonds. The maximum absolute atomic E-state index is 11.8. The Kier molecular flexibility index (Phi) is 4.13. The predicted molar refractivity (Wildman–Crippen MR) is 84.2 cm³/mol. The molecule has 6 nitrogen and oxygen atoms in total. The SMILES string of the molecule is CC(O)(COc1ccc2nc[nH]c(=O)c2c1)CN1CCCC1. The number of nitrogens with one attached hydrogen (secondary N) is 1. The van der Waals surface area contributed by atoms with Gasteiger partial charge in [0.1, 0.15) is 18.0 Å². The molecule has 1 unspecified atom stereocenters. The molecule has 2 aromatic rings. The Morgan fingerprint density at radius 2 is 2.18 bits per heavy atom. The van der Waals surface area contributed by atoms with Gasteiger partial charge in [0.05, 0.1) is 17.2 Å². The Morgan fingerprint density at radius 3 is 2.95 bits per heavy atom. The summed E-state index contributed by atoms with van der Waals surface area (Å²) in [7, 11) is 0. The topological polar surface area (TPSA) is 78.5 Å². The van der Waals surface area contributed by atoms with Gasteiger partial charge in [-0.25, -0.2) is 4.98 Å². The van der Waals surface area contributed by atoms with Crippen molar-refractivity contribution >= 4 is 10.9 Å². The number of fused-ring (bicyclic) bond motifs is 1. The van der Waals surface area contributed by atoms with Crippen LogP contribution in [0.25, 0.3) is 10.9 Å². The molecule has 1 aliphatic rings. The highest BCUT2D eigenvalue weighted by atomic mass is 16.5. The van der Waals surface area contributed by atoms with Gasteiger partial charge >= 0.3 is 0 Å². The second-order valence-corrected chi connectivity index (χ2v) is 6.18. The first kappa shape index (κ1) is 15.0. The van der Waals surface area contributed by atoms with Gasteiger partial charge in [0.15, 0.2) is 0 Å². The fraction of sp³-hybridized carbons (Fsp3) is 0.500. The smallest absolute Gasteiger partial charge is 0.258 e. The molecule has 1 aliphatic heterocycles. The number of aromatic nitrogens is 2. The van der Waals surface area contributed by atoms with Gasteiger partial charge in [0.25, 0.3) is 5.56 Å². The van der Waals surface area contributed by atoms with Crippen molar-refractivity contribution in [3.63, 3.8) is 0 Å². The van der Waals surface area contributed by atoms with Crippen LogP contribution < -0.4 is 10.3 Å². The normalized spacial score (nSPS) is 18.5. The highest BCUT2D eigenvalue weighted by Crippen LogP contribution is 2.19. The highest BCUT2D eigenvalue weighted by molar-refractivity contribution is 5.78. The Bertz CT molecular complexity index is 705. The molecule has 2 heterocycles. The van der Waals surface area contributed by atoms with E-state index in [0.717, 1.165) is 13.1 Å². The Balaban J connectivity index is 1.67. The fourth-order valence-corrected chi connectivity index (χ4v) is 2.84. The van der Waals surface area contributed by atoms with Crippen LogP contribution in [0.3, 0.4) is 0 Å². The maximum atomic E-state index is 11.8. The number of rotatable bonds is 5. The number of hydrogen-bond donors (Lipinski definition) is 2. The number of ether oxygens (including phenoxy) is 1. The standard InChI is InChI=1S/C16H21N3O3/c1-16(21,9-19-6-2-3-7-19)10-22-12-4-5-14-13(8-12)15(20)18-11-17-14/h4-5,8,11,21H,2-3,6-7,9-10H2,1H3,(H,17,18,20). The quantitative estimate of drug-likeness (QED) is 0.866. The third kappa shape index (κ3) is 3.45. The zero-order chi connectivity index (χ0) is 15.6. The molecule has 118 valence electrons. The van der Waals surface area contributed by atoms with Crippen molar-refractivity contribution in [1.29, 1.82) is 0 Å². The molecule has 2 N–H and O–H groups in total. The van der Waals surface area contributed by atoms with Gasteiger partial charge in [-0.05, 0) is 51.1 Å². The molecular formula is C16H21N3O3. The molecule has 0 aliphatic carbocycles. The minimum atomic E-state index is -0.916. The van der Waals surface area contributed by atoms with Crippen molar-refractivity contribution < 1.29 is 9.84 Å². The zero-order valence-electron chi connectivity index (χ0n) is 12.7. The third-order valence-electron chi connectivity index (χ3n) is 3.92. The molecule has 0 saturated carbocycles. The summed E-state index contributed by atoms with van der Waals surface area (Å²) in [6.07, 6.45) is 3.76. The molecule has 0 bridgehead atoms. The Morgan fingerprint density at radius 1 is 1.41 bits per heavy atom. The fourth-order valence-electron chi connectivity index (χ4n) is 2.84. The maximum Gasteiger partial charge on any atom is 0.258 e. The molecule has 0 radical (unpaired) electrons. The van der Waals surface area contributed by atoms with Crippen LogP contribution in [-0.2, 0) is 0 Å². The molecule has 1 saturated heterocycles. The number of β-amino-alcohol motifs (C(OH)–C–C–N with tert-alkyl or cyclic N) is 1. The first-order valence-corrected chi connectivity index (χ1v) is 7.58. The van der Waals surface area contributed by atoms with Crippen LogP contribution in [0, 0.1) is 0 Å². The second-order valence-electron chi connectivity index (χ2n) is 6.18. The minimum Gasteiger partial charge on any atom is -0.491 e. The average molecular weight is 303 g/mol. The number of likely N-dealkylation sites (tertiary alicyclic amines) is 1. The summed E-state index contributed by atoms with van der Waals surface area (Å²) in [5.74, 6) is 0.563. The van der Waals surface area contributed by atoms with E-state index in [0.29, 0.717) is 23.2 Å². The third-order valence-corrected chi connectivity index (χ3v) is 3.92. The molecule has 1 aromatic heterocycles. The van der Waals surface area contributed by atoms with Gasteiger partial charge in [-0.15, -0.1) is 0 Å². The van der Waals surface area contributed by atoms with Crippen LogP contribution in [0.4, 0.5) is 0 Å². The van der Waals surface area contributed by atoms with E-state index in [9.17, 15) is 9.90 Å². The zero-order valence-corrected chi connectivity index (χ0v) is 12.7. The number of benzene rings is 1. The van der Waals surface area contributed by atoms with E-state index in [1.807, 2.05) is 0 Å². The molecule has 6 heteroatoms. The van der Waals surface area contributed by atoms with Crippen molar-refractivity contribution in [2.45, 2.75) is 25.4 Å². The van der Waals surface area contributed by atoms with Gasteiger partial charge < -0.3 is 19.7 Å². The van der Waals surface area contributed by atoms with Gasteiger partial charge in [-0.2, -0.15) is 0 Å². The van der Waals surface area contributed by atoms with E-state index in [2.05, 4.69) is 14.9 Å². The minimum absolute atomic E-state index is 0.188. The van der Waals surface area contributed by atoms with Crippen LogP contribution in [0.5, 0.6) is 5.75 Å². The summed E-state index contributed by atoms with van der Waals surface area (Å²) < 4.78 is 5.69. The predicted octanol–water partition coefficient (Wildman–Crippen LogP) is 1.15. The monoisotopic (exact) mass is 303 g/mol. The molecule has 1 fully saturated rings. The number of H-pyrrole nitrogens is 1. The van der Waals surface area contributed by atoms with Crippen LogP contribution in [0.2, 0.25) is 0 Å². The first-order chi connectivity index (χ1) is 10.5. The lowest BCUT2D eigenvalue weighted by molar-refractivity contribution is -0.0127. The average Bonchev–Trinajstić information content (AvgIpc) is 2.98.